The zero-order valence-corrected chi connectivity index (χ0v) is 17.4. The van der Waals surface area contributed by atoms with Crippen molar-refractivity contribution in [2.75, 3.05) is 18.4 Å². The maximum atomic E-state index is 13.0. The zero-order chi connectivity index (χ0) is 20.1. The first-order valence-electron chi connectivity index (χ1n) is 8.98. The van der Waals surface area contributed by atoms with Gasteiger partial charge in [0.15, 0.2) is 5.13 Å². The van der Waals surface area contributed by atoms with Crippen molar-refractivity contribution in [3.8, 4) is 11.3 Å². The summed E-state index contributed by atoms with van der Waals surface area (Å²) in [7, 11) is -3.46. The number of nitrogens with one attached hydrogen (secondary N) is 1. The van der Waals surface area contributed by atoms with E-state index in [0.717, 1.165) is 22.0 Å². The molecule has 0 radical (unpaired) electrons. The SMILES string of the molecule is CCN(CC)S(=O)(=O)c1ccc(-c2csc(NCc3ccc(F)cc3)n2)cc1. The van der Waals surface area contributed by atoms with Gasteiger partial charge in [-0.15, -0.1) is 11.3 Å². The highest BCUT2D eigenvalue weighted by molar-refractivity contribution is 7.89. The number of anilines is 1. The maximum absolute atomic E-state index is 13.0. The van der Waals surface area contributed by atoms with Crippen LogP contribution in [0.2, 0.25) is 0 Å². The average molecular weight is 420 g/mol. The van der Waals surface area contributed by atoms with Crippen LogP contribution in [0.25, 0.3) is 11.3 Å². The van der Waals surface area contributed by atoms with Crippen molar-refractivity contribution in [2.24, 2.45) is 0 Å². The second kappa shape index (κ2) is 8.81. The number of benzene rings is 2. The molecule has 1 N–H and O–H groups in total. The molecule has 0 saturated heterocycles. The number of hydrogen-bond donors (Lipinski definition) is 1. The first-order valence-corrected chi connectivity index (χ1v) is 11.3. The number of hydrogen-bond acceptors (Lipinski definition) is 5. The van der Waals surface area contributed by atoms with Gasteiger partial charge in [-0.3, -0.25) is 0 Å². The quantitative estimate of drug-likeness (QED) is 0.580. The minimum absolute atomic E-state index is 0.258. The van der Waals surface area contributed by atoms with E-state index < -0.39 is 10.0 Å². The minimum Gasteiger partial charge on any atom is -0.357 e. The summed E-state index contributed by atoms with van der Waals surface area (Å²) < 4.78 is 39.5. The topological polar surface area (TPSA) is 62.3 Å². The van der Waals surface area contributed by atoms with Gasteiger partial charge in [0.2, 0.25) is 10.0 Å². The Balaban J connectivity index is 1.70. The van der Waals surface area contributed by atoms with Gasteiger partial charge in [-0.1, -0.05) is 38.1 Å². The Bertz CT molecular complexity index is 1010. The molecule has 0 aliphatic heterocycles. The van der Waals surface area contributed by atoms with Gasteiger partial charge in [-0.25, -0.2) is 17.8 Å². The number of halogens is 1. The van der Waals surface area contributed by atoms with Gasteiger partial charge in [0.05, 0.1) is 10.6 Å². The minimum atomic E-state index is -3.46. The number of rotatable bonds is 8. The van der Waals surface area contributed by atoms with Crippen molar-refractivity contribution >= 4 is 26.5 Å². The third kappa shape index (κ3) is 4.57. The van der Waals surface area contributed by atoms with Crippen LogP contribution in [0.15, 0.2) is 58.8 Å². The highest BCUT2D eigenvalue weighted by atomic mass is 32.2. The summed E-state index contributed by atoms with van der Waals surface area (Å²) in [6.45, 7) is 5.08. The Morgan fingerprint density at radius 1 is 1.04 bits per heavy atom. The predicted molar refractivity (Wildman–Crippen MR) is 111 cm³/mol. The van der Waals surface area contributed by atoms with Gasteiger partial charge < -0.3 is 5.32 Å². The molecular weight excluding hydrogens is 397 g/mol. The van der Waals surface area contributed by atoms with Crippen LogP contribution in [-0.4, -0.2) is 30.8 Å². The van der Waals surface area contributed by atoms with Gasteiger partial charge in [0, 0.05) is 30.6 Å². The van der Waals surface area contributed by atoms with E-state index in [2.05, 4.69) is 10.3 Å². The van der Waals surface area contributed by atoms with Crippen LogP contribution in [0.5, 0.6) is 0 Å². The van der Waals surface area contributed by atoms with Crippen LogP contribution < -0.4 is 5.32 Å². The Morgan fingerprint density at radius 2 is 1.68 bits per heavy atom. The number of thiazole rings is 1. The van der Waals surface area contributed by atoms with Crippen LogP contribution in [0.1, 0.15) is 19.4 Å². The van der Waals surface area contributed by atoms with Crippen LogP contribution in [0.4, 0.5) is 9.52 Å². The molecule has 2 aromatic carbocycles. The standard InChI is InChI=1S/C20H22FN3O2S2/c1-3-24(4-2)28(25,26)18-11-7-16(8-12-18)19-14-27-20(23-19)22-13-15-5-9-17(21)10-6-15/h5-12,14H,3-4,13H2,1-2H3,(H,22,23). The lowest BCUT2D eigenvalue weighted by Crippen LogP contribution is -2.30. The zero-order valence-electron chi connectivity index (χ0n) is 15.7. The number of nitrogens with zero attached hydrogens (tertiary/aromatic N) is 2. The van der Waals surface area contributed by atoms with E-state index in [1.807, 2.05) is 19.2 Å². The first-order chi connectivity index (χ1) is 13.4. The molecule has 8 heteroatoms. The lowest BCUT2D eigenvalue weighted by molar-refractivity contribution is 0.445. The molecule has 3 aromatic rings. The molecule has 3 rings (SSSR count). The van der Waals surface area contributed by atoms with Crippen LogP contribution in [0.3, 0.4) is 0 Å². The van der Waals surface area contributed by atoms with E-state index in [1.54, 1.807) is 36.4 Å². The lowest BCUT2D eigenvalue weighted by atomic mass is 10.2. The fourth-order valence-electron chi connectivity index (χ4n) is 2.78. The molecule has 0 spiro atoms. The third-order valence-corrected chi connectivity index (χ3v) is 7.22. The number of aromatic nitrogens is 1. The lowest BCUT2D eigenvalue weighted by Gasteiger charge is -2.18. The monoisotopic (exact) mass is 419 g/mol. The molecular formula is C20H22FN3O2S2. The second-order valence-corrected chi connectivity index (χ2v) is 8.93. The van der Waals surface area contributed by atoms with Crippen molar-refractivity contribution in [3.63, 3.8) is 0 Å². The third-order valence-electron chi connectivity index (χ3n) is 4.35. The van der Waals surface area contributed by atoms with Crippen molar-refractivity contribution in [3.05, 3.63) is 65.3 Å². The molecule has 148 valence electrons. The van der Waals surface area contributed by atoms with Gasteiger partial charge in [-0.2, -0.15) is 4.31 Å². The molecule has 1 heterocycles. The van der Waals surface area contributed by atoms with Gasteiger partial charge in [-0.05, 0) is 29.8 Å². The summed E-state index contributed by atoms with van der Waals surface area (Å²) >= 11 is 1.47. The van der Waals surface area contributed by atoms with E-state index in [9.17, 15) is 12.8 Å². The Hall–Kier alpha value is -2.29. The molecule has 0 atom stereocenters. The summed E-state index contributed by atoms with van der Waals surface area (Å²) in [4.78, 5) is 4.83. The molecule has 0 unspecified atom stereocenters. The van der Waals surface area contributed by atoms with Gasteiger partial charge in [0.1, 0.15) is 5.82 Å². The van der Waals surface area contributed by atoms with Crippen LogP contribution >= 0.6 is 11.3 Å². The smallest absolute Gasteiger partial charge is 0.243 e. The van der Waals surface area contributed by atoms with Crippen molar-refractivity contribution in [2.45, 2.75) is 25.3 Å². The molecule has 0 saturated carbocycles. The highest BCUT2D eigenvalue weighted by Gasteiger charge is 2.21. The Labute approximate surface area is 168 Å². The molecule has 28 heavy (non-hydrogen) atoms. The van der Waals surface area contributed by atoms with Crippen LogP contribution in [-0.2, 0) is 16.6 Å². The van der Waals surface area contributed by atoms with Crippen molar-refractivity contribution in [1.82, 2.24) is 9.29 Å². The average Bonchev–Trinajstić information content (AvgIpc) is 3.17. The van der Waals surface area contributed by atoms with E-state index in [1.165, 1.54) is 27.8 Å². The normalized spacial score (nSPS) is 11.7. The molecule has 0 bridgehead atoms. The van der Waals surface area contributed by atoms with E-state index >= 15 is 0 Å². The molecule has 0 aliphatic carbocycles. The molecule has 1 aromatic heterocycles. The number of sulfonamides is 1. The summed E-state index contributed by atoms with van der Waals surface area (Å²) in [6, 6.07) is 13.1. The molecule has 0 fully saturated rings. The van der Waals surface area contributed by atoms with Gasteiger partial charge >= 0.3 is 0 Å². The van der Waals surface area contributed by atoms with Crippen molar-refractivity contribution in [1.29, 1.82) is 0 Å². The summed E-state index contributed by atoms with van der Waals surface area (Å²) in [5.74, 6) is -0.258. The largest absolute Gasteiger partial charge is 0.357 e. The Morgan fingerprint density at radius 3 is 2.29 bits per heavy atom. The second-order valence-electron chi connectivity index (χ2n) is 6.13. The van der Waals surface area contributed by atoms with E-state index in [-0.39, 0.29) is 10.7 Å². The summed E-state index contributed by atoms with van der Waals surface area (Å²) in [5.41, 5.74) is 2.59. The molecule has 0 amide bonds. The summed E-state index contributed by atoms with van der Waals surface area (Å²) in [6.07, 6.45) is 0. The van der Waals surface area contributed by atoms with Crippen LogP contribution in [0, 0.1) is 5.82 Å². The van der Waals surface area contributed by atoms with E-state index in [0.29, 0.717) is 19.6 Å². The molecule has 5 nitrogen and oxygen atoms in total. The van der Waals surface area contributed by atoms with E-state index in [4.69, 9.17) is 0 Å². The first kappa shape index (κ1) is 20.4. The maximum Gasteiger partial charge on any atom is 0.243 e. The fraction of sp³-hybridized carbons (Fsp3) is 0.250. The Kier molecular flexibility index (Phi) is 6.43. The molecule has 0 aliphatic rings. The van der Waals surface area contributed by atoms with Gasteiger partial charge in [0.25, 0.3) is 0 Å². The highest BCUT2D eigenvalue weighted by Crippen LogP contribution is 2.27. The fourth-order valence-corrected chi connectivity index (χ4v) is 4.95. The van der Waals surface area contributed by atoms with Crippen molar-refractivity contribution < 1.29 is 12.8 Å². The summed E-state index contributed by atoms with van der Waals surface area (Å²) in [5, 5.41) is 5.89. The predicted octanol–water partition coefficient (Wildman–Crippen LogP) is 4.59.